The Morgan fingerprint density at radius 2 is 1.56 bits per heavy atom. The summed E-state index contributed by atoms with van der Waals surface area (Å²) in [6.07, 6.45) is -11.8. The second-order valence-corrected chi connectivity index (χ2v) is 5.22. The SMILES string of the molecule is FC(F)(F)c1[c]c(CC=Cc2ccc(OC(F)(F)C(F)(F)F)cc2)ncc1. The number of benzene rings is 1. The van der Waals surface area contributed by atoms with Crippen LogP contribution in [0.3, 0.4) is 0 Å². The third kappa shape index (κ3) is 5.66. The van der Waals surface area contributed by atoms with E-state index in [1.165, 1.54) is 24.3 Å². The van der Waals surface area contributed by atoms with E-state index in [0.717, 1.165) is 24.4 Å². The topological polar surface area (TPSA) is 22.1 Å². The Balaban J connectivity index is 2.01. The summed E-state index contributed by atoms with van der Waals surface area (Å²) in [5, 5.41) is 0. The van der Waals surface area contributed by atoms with E-state index in [9.17, 15) is 35.1 Å². The maximum absolute atomic E-state index is 12.8. The third-order valence-electron chi connectivity index (χ3n) is 3.13. The van der Waals surface area contributed by atoms with Crippen LogP contribution in [0, 0.1) is 6.07 Å². The number of ether oxygens (including phenoxy) is 1. The quantitative estimate of drug-likeness (QED) is 0.606. The molecular weight excluding hydrogens is 386 g/mol. The van der Waals surface area contributed by atoms with Crippen LogP contribution < -0.4 is 4.74 Å². The molecule has 27 heavy (non-hydrogen) atoms. The van der Waals surface area contributed by atoms with Gasteiger partial charge in [-0.25, -0.2) is 0 Å². The zero-order valence-corrected chi connectivity index (χ0v) is 13.2. The number of allylic oxidation sites excluding steroid dienone is 1. The van der Waals surface area contributed by atoms with Gasteiger partial charge in [-0.3, -0.25) is 4.98 Å². The minimum atomic E-state index is -5.85. The van der Waals surface area contributed by atoms with Crippen molar-refractivity contribution in [1.82, 2.24) is 4.98 Å². The lowest BCUT2D eigenvalue weighted by Gasteiger charge is -2.20. The molecule has 0 aliphatic rings. The van der Waals surface area contributed by atoms with Crippen molar-refractivity contribution in [3.8, 4) is 5.75 Å². The molecule has 0 unspecified atom stereocenters. The predicted octanol–water partition coefficient (Wildman–Crippen LogP) is 5.69. The van der Waals surface area contributed by atoms with E-state index >= 15 is 0 Å². The van der Waals surface area contributed by atoms with Gasteiger partial charge in [0.25, 0.3) is 0 Å². The summed E-state index contributed by atoms with van der Waals surface area (Å²) in [7, 11) is 0. The Hall–Kier alpha value is -2.65. The number of nitrogens with zero attached hydrogens (tertiary/aromatic N) is 1. The molecule has 0 N–H and O–H groups in total. The zero-order valence-electron chi connectivity index (χ0n) is 13.2. The van der Waals surface area contributed by atoms with Gasteiger partial charge < -0.3 is 4.74 Å². The number of pyridine rings is 1. The van der Waals surface area contributed by atoms with Crippen LogP contribution in [0.25, 0.3) is 6.08 Å². The Morgan fingerprint density at radius 1 is 0.926 bits per heavy atom. The molecule has 0 aliphatic heterocycles. The van der Waals surface area contributed by atoms with E-state index in [2.05, 4.69) is 15.8 Å². The van der Waals surface area contributed by atoms with Crippen LogP contribution >= 0.6 is 0 Å². The Bertz CT molecular complexity index is 794. The summed E-state index contributed by atoms with van der Waals surface area (Å²) < 4.78 is 103. The van der Waals surface area contributed by atoms with E-state index in [1.807, 2.05) is 0 Å². The third-order valence-corrected chi connectivity index (χ3v) is 3.13. The van der Waals surface area contributed by atoms with Crippen molar-refractivity contribution >= 4 is 6.08 Å². The van der Waals surface area contributed by atoms with E-state index in [0.29, 0.717) is 5.56 Å². The Kier molecular flexibility index (Phi) is 5.76. The highest BCUT2D eigenvalue weighted by molar-refractivity contribution is 5.51. The molecule has 145 valence electrons. The van der Waals surface area contributed by atoms with Gasteiger partial charge in [-0.1, -0.05) is 24.3 Å². The minimum Gasteiger partial charge on any atom is -0.426 e. The van der Waals surface area contributed by atoms with Gasteiger partial charge in [-0.15, -0.1) is 0 Å². The molecule has 10 heteroatoms. The lowest BCUT2D eigenvalue weighted by Crippen LogP contribution is -2.41. The van der Waals surface area contributed by atoms with Crippen LogP contribution in [-0.2, 0) is 12.6 Å². The fraction of sp³-hybridized carbons (Fsp3) is 0.235. The fourth-order valence-electron chi connectivity index (χ4n) is 1.86. The first-order valence-corrected chi connectivity index (χ1v) is 7.23. The summed E-state index contributed by atoms with van der Waals surface area (Å²) >= 11 is 0. The fourth-order valence-corrected chi connectivity index (χ4v) is 1.86. The molecular formula is C17H10F8NO. The highest BCUT2D eigenvalue weighted by Crippen LogP contribution is 2.37. The predicted molar refractivity (Wildman–Crippen MR) is 78.9 cm³/mol. The molecule has 0 amide bonds. The van der Waals surface area contributed by atoms with Gasteiger partial charge in [0.15, 0.2) is 0 Å². The first-order valence-electron chi connectivity index (χ1n) is 7.23. The second kappa shape index (κ2) is 7.53. The summed E-state index contributed by atoms with van der Waals surface area (Å²) in [5.74, 6) is -0.692. The van der Waals surface area contributed by atoms with E-state index in [-0.39, 0.29) is 12.1 Å². The molecule has 0 aliphatic carbocycles. The number of hydrogen-bond donors (Lipinski definition) is 0. The van der Waals surface area contributed by atoms with Crippen LogP contribution in [0.5, 0.6) is 5.75 Å². The van der Waals surface area contributed by atoms with Crippen molar-refractivity contribution in [3.05, 3.63) is 65.5 Å². The van der Waals surface area contributed by atoms with Crippen LogP contribution in [0.1, 0.15) is 16.8 Å². The molecule has 0 fully saturated rings. The van der Waals surface area contributed by atoms with Crippen molar-refractivity contribution in [2.24, 2.45) is 0 Å². The Morgan fingerprint density at radius 3 is 2.11 bits per heavy atom. The highest BCUT2D eigenvalue weighted by atomic mass is 19.4. The lowest BCUT2D eigenvalue weighted by atomic mass is 10.1. The second-order valence-electron chi connectivity index (χ2n) is 5.22. The standard InChI is InChI=1S/C17H10F8NO/c18-15(19,20)12-8-9-26-13(10-12)3-1-2-11-4-6-14(7-5-11)27-17(24,25)16(21,22)23/h1-2,4-9H,3H2. The van der Waals surface area contributed by atoms with Gasteiger partial charge in [0.05, 0.1) is 11.3 Å². The molecule has 1 aromatic heterocycles. The first kappa shape index (κ1) is 20.7. The van der Waals surface area contributed by atoms with Crippen molar-refractivity contribution < 1.29 is 39.9 Å². The molecule has 2 rings (SSSR count). The normalized spacial score (nSPS) is 13.2. The maximum atomic E-state index is 12.8. The summed E-state index contributed by atoms with van der Waals surface area (Å²) in [6, 6.07) is 7.14. The minimum absolute atomic E-state index is 0.00825. The molecule has 0 atom stereocenters. The Labute approximate surface area is 148 Å². The van der Waals surface area contributed by atoms with E-state index in [1.54, 1.807) is 0 Å². The maximum Gasteiger partial charge on any atom is 0.499 e. The molecule has 0 bridgehead atoms. The molecule has 1 radical (unpaired) electrons. The average Bonchev–Trinajstić information content (AvgIpc) is 2.55. The van der Waals surface area contributed by atoms with Gasteiger partial charge in [0.2, 0.25) is 0 Å². The van der Waals surface area contributed by atoms with Crippen LogP contribution in [0.4, 0.5) is 35.1 Å². The van der Waals surface area contributed by atoms with Gasteiger partial charge in [0.1, 0.15) is 5.75 Å². The molecule has 0 spiro atoms. The summed E-state index contributed by atoms with van der Waals surface area (Å²) in [5.41, 5.74) is -0.525. The van der Waals surface area contributed by atoms with E-state index < -0.39 is 29.8 Å². The zero-order chi connectivity index (χ0) is 20.3. The largest absolute Gasteiger partial charge is 0.499 e. The van der Waals surface area contributed by atoms with Crippen molar-refractivity contribution in [2.75, 3.05) is 0 Å². The number of hydrogen-bond acceptors (Lipinski definition) is 2. The van der Waals surface area contributed by atoms with Crippen LogP contribution in [0.2, 0.25) is 0 Å². The number of halogens is 8. The molecule has 0 saturated heterocycles. The number of rotatable bonds is 5. The van der Waals surface area contributed by atoms with Crippen LogP contribution in [0.15, 0.2) is 42.6 Å². The smallest absolute Gasteiger partial charge is 0.426 e. The summed E-state index contributed by atoms with van der Waals surface area (Å²) in [6.45, 7) is 0. The molecule has 2 nitrogen and oxygen atoms in total. The lowest BCUT2D eigenvalue weighted by molar-refractivity contribution is -0.360. The van der Waals surface area contributed by atoms with Gasteiger partial charge in [-0.2, -0.15) is 35.1 Å². The number of alkyl halides is 8. The first-order chi connectivity index (χ1) is 12.4. The van der Waals surface area contributed by atoms with Crippen molar-refractivity contribution in [2.45, 2.75) is 24.9 Å². The molecule has 0 saturated carbocycles. The molecule has 2 aromatic rings. The summed E-state index contributed by atoms with van der Waals surface area (Å²) in [4.78, 5) is 3.74. The number of aromatic nitrogens is 1. The van der Waals surface area contributed by atoms with Crippen molar-refractivity contribution in [3.63, 3.8) is 0 Å². The van der Waals surface area contributed by atoms with Gasteiger partial charge in [0, 0.05) is 18.7 Å². The highest BCUT2D eigenvalue weighted by Gasteiger charge is 2.61. The van der Waals surface area contributed by atoms with E-state index in [4.69, 9.17) is 0 Å². The van der Waals surface area contributed by atoms with Gasteiger partial charge in [-0.05, 0) is 23.8 Å². The monoisotopic (exact) mass is 396 g/mol. The molecule has 1 heterocycles. The van der Waals surface area contributed by atoms with Crippen LogP contribution in [-0.4, -0.2) is 17.3 Å². The van der Waals surface area contributed by atoms with Crippen molar-refractivity contribution in [1.29, 1.82) is 0 Å². The average molecular weight is 396 g/mol. The molecule has 1 aromatic carbocycles. The van der Waals surface area contributed by atoms with Gasteiger partial charge >= 0.3 is 18.5 Å².